The molecule has 1 aromatic carbocycles. The molecule has 1 aromatic rings. The molecule has 0 unspecified atom stereocenters. The van der Waals surface area contributed by atoms with E-state index in [0.717, 1.165) is 6.26 Å². The molecule has 1 atom stereocenters. The maximum absolute atomic E-state index is 12.2. The molecule has 0 radical (unpaired) electrons. The molecular weight excluding hydrogens is 276 g/mol. The Balaban J connectivity index is 3.02. The second kappa shape index (κ2) is 6.26. The number of hydrogen-bond acceptors (Lipinski definition) is 3. The molecule has 5 nitrogen and oxygen atoms in total. The SMILES string of the molecule is Cc1c(NS(C)(=O)=O)cccc1C(=O)N[C@H](C)C(C)C. The molecule has 20 heavy (non-hydrogen) atoms. The van der Waals surface area contributed by atoms with Gasteiger partial charge in [-0.1, -0.05) is 19.9 Å². The second-order valence-electron chi connectivity index (χ2n) is 5.36. The number of hydrogen-bond donors (Lipinski definition) is 2. The Labute approximate surface area is 120 Å². The van der Waals surface area contributed by atoms with E-state index in [1.165, 1.54) is 0 Å². The van der Waals surface area contributed by atoms with Crippen LogP contribution in [0.3, 0.4) is 0 Å². The molecule has 0 spiro atoms. The molecule has 0 aliphatic carbocycles. The molecule has 0 saturated heterocycles. The molecule has 1 rings (SSSR count). The third-order valence-corrected chi connectivity index (χ3v) is 3.82. The Bertz CT molecular complexity index is 594. The van der Waals surface area contributed by atoms with Gasteiger partial charge in [-0.2, -0.15) is 0 Å². The smallest absolute Gasteiger partial charge is 0.251 e. The number of sulfonamides is 1. The first kappa shape index (κ1) is 16.5. The summed E-state index contributed by atoms with van der Waals surface area (Å²) in [5.41, 5.74) is 1.52. The average Bonchev–Trinajstić information content (AvgIpc) is 2.29. The summed E-state index contributed by atoms with van der Waals surface area (Å²) in [7, 11) is -3.36. The molecule has 0 bridgehead atoms. The van der Waals surface area contributed by atoms with Gasteiger partial charge >= 0.3 is 0 Å². The van der Waals surface area contributed by atoms with Gasteiger partial charge in [0.2, 0.25) is 10.0 Å². The van der Waals surface area contributed by atoms with Gasteiger partial charge in [-0.15, -0.1) is 0 Å². The van der Waals surface area contributed by atoms with Crippen LogP contribution in [0, 0.1) is 12.8 Å². The van der Waals surface area contributed by atoms with Gasteiger partial charge in [0.15, 0.2) is 0 Å². The van der Waals surface area contributed by atoms with E-state index >= 15 is 0 Å². The van der Waals surface area contributed by atoms with Crippen LogP contribution >= 0.6 is 0 Å². The number of carbonyl (C=O) groups excluding carboxylic acids is 1. The van der Waals surface area contributed by atoms with Crippen LogP contribution < -0.4 is 10.0 Å². The lowest BCUT2D eigenvalue weighted by Gasteiger charge is -2.19. The fraction of sp³-hybridized carbons (Fsp3) is 0.500. The molecule has 6 heteroatoms. The number of carbonyl (C=O) groups is 1. The van der Waals surface area contributed by atoms with E-state index in [0.29, 0.717) is 22.7 Å². The zero-order valence-electron chi connectivity index (χ0n) is 12.5. The summed E-state index contributed by atoms with van der Waals surface area (Å²) in [5, 5.41) is 2.91. The van der Waals surface area contributed by atoms with E-state index in [1.54, 1.807) is 25.1 Å². The fourth-order valence-corrected chi connectivity index (χ4v) is 2.26. The van der Waals surface area contributed by atoms with Gasteiger partial charge in [0.25, 0.3) is 5.91 Å². The normalized spacial score (nSPS) is 13.1. The van der Waals surface area contributed by atoms with Crippen molar-refractivity contribution >= 4 is 21.6 Å². The minimum atomic E-state index is -3.36. The van der Waals surface area contributed by atoms with Crippen molar-refractivity contribution in [2.45, 2.75) is 33.7 Å². The van der Waals surface area contributed by atoms with E-state index < -0.39 is 10.0 Å². The lowest BCUT2D eigenvalue weighted by molar-refractivity contribution is 0.0930. The van der Waals surface area contributed by atoms with Crippen LogP contribution in [0.15, 0.2) is 18.2 Å². The molecule has 2 N–H and O–H groups in total. The largest absolute Gasteiger partial charge is 0.349 e. The minimum Gasteiger partial charge on any atom is -0.349 e. The van der Waals surface area contributed by atoms with Crippen molar-refractivity contribution in [3.8, 4) is 0 Å². The van der Waals surface area contributed by atoms with Crippen molar-refractivity contribution in [2.75, 3.05) is 11.0 Å². The van der Waals surface area contributed by atoms with Crippen LogP contribution in [0.5, 0.6) is 0 Å². The van der Waals surface area contributed by atoms with Crippen LogP contribution in [0.2, 0.25) is 0 Å². The molecule has 112 valence electrons. The zero-order valence-corrected chi connectivity index (χ0v) is 13.3. The van der Waals surface area contributed by atoms with Crippen molar-refractivity contribution in [3.05, 3.63) is 29.3 Å². The van der Waals surface area contributed by atoms with Gasteiger partial charge in [0.1, 0.15) is 0 Å². The predicted molar refractivity (Wildman–Crippen MR) is 81.4 cm³/mol. The van der Waals surface area contributed by atoms with E-state index in [4.69, 9.17) is 0 Å². The molecular formula is C14H22N2O3S. The number of nitrogens with one attached hydrogen (secondary N) is 2. The van der Waals surface area contributed by atoms with Crippen LogP contribution in [0.1, 0.15) is 36.7 Å². The maximum atomic E-state index is 12.2. The first-order valence-corrected chi connectivity index (χ1v) is 8.39. The Hall–Kier alpha value is -1.56. The highest BCUT2D eigenvalue weighted by Crippen LogP contribution is 2.20. The summed E-state index contributed by atoms with van der Waals surface area (Å²) < 4.78 is 25.0. The third-order valence-electron chi connectivity index (χ3n) is 3.23. The molecule has 0 heterocycles. The highest BCUT2D eigenvalue weighted by Gasteiger charge is 2.16. The number of rotatable bonds is 5. The topological polar surface area (TPSA) is 75.3 Å². The van der Waals surface area contributed by atoms with Crippen molar-refractivity contribution in [1.29, 1.82) is 0 Å². The number of benzene rings is 1. The first-order chi connectivity index (χ1) is 9.11. The summed E-state index contributed by atoms with van der Waals surface area (Å²) in [6.45, 7) is 7.72. The summed E-state index contributed by atoms with van der Waals surface area (Å²) in [5.74, 6) is 0.137. The molecule has 0 saturated carbocycles. The molecule has 0 aromatic heterocycles. The highest BCUT2D eigenvalue weighted by atomic mass is 32.2. The second-order valence-corrected chi connectivity index (χ2v) is 7.11. The standard InChI is InChI=1S/C14H22N2O3S/c1-9(2)11(4)15-14(17)12-7-6-8-13(10(12)3)16-20(5,18)19/h6-9,11,16H,1-5H3,(H,15,17)/t11-/m1/s1. The highest BCUT2D eigenvalue weighted by molar-refractivity contribution is 7.92. The Morgan fingerprint density at radius 1 is 1.20 bits per heavy atom. The van der Waals surface area contributed by atoms with Crippen molar-refractivity contribution < 1.29 is 13.2 Å². The summed E-state index contributed by atoms with van der Waals surface area (Å²) in [4.78, 5) is 12.2. The first-order valence-electron chi connectivity index (χ1n) is 6.50. The molecule has 1 amide bonds. The van der Waals surface area contributed by atoms with Gasteiger partial charge in [-0.05, 0) is 37.5 Å². The predicted octanol–water partition coefficient (Wildman–Crippen LogP) is 2.14. The van der Waals surface area contributed by atoms with Crippen LogP contribution in [-0.4, -0.2) is 26.6 Å². The van der Waals surface area contributed by atoms with E-state index in [9.17, 15) is 13.2 Å². The molecule has 0 aliphatic heterocycles. The van der Waals surface area contributed by atoms with Crippen LogP contribution in [-0.2, 0) is 10.0 Å². The zero-order chi connectivity index (χ0) is 15.5. The van der Waals surface area contributed by atoms with Crippen molar-refractivity contribution in [1.82, 2.24) is 5.32 Å². The van der Waals surface area contributed by atoms with Gasteiger partial charge in [0.05, 0.1) is 11.9 Å². The van der Waals surface area contributed by atoms with E-state index in [2.05, 4.69) is 10.0 Å². The Morgan fingerprint density at radius 2 is 1.80 bits per heavy atom. The quantitative estimate of drug-likeness (QED) is 0.874. The molecule has 0 aliphatic rings. The summed E-state index contributed by atoms with van der Waals surface area (Å²) in [6.07, 6.45) is 1.08. The van der Waals surface area contributed by atoms with Gasteiger partial charge in [0, 0.05) is 11.6 Å². The molecule has 0 fully saturated rings. The Morgan fingerprint density at radius 3 is 2.30 bits per heavy atom. The summed E-state index contributed by atoms with van der Waals surface area (Å²) in [6, 6.07) is 5.04. The van der Waals surface area contributed by atoms with Crippen molar-refractivity contribution in [3.63, 3.8) is 0 Å². The summed E-state index contributed by atoms with van der Waals surface area (Å²) >= 11 is 0. The number of amides is 1. The monoisotopic (exact) mass is 298 g/mol. The maximum Gasteiger partial charge on any atom is 0.251 e. The number of anilines is 1. The lowest BCUT2D eigenvalue weighted by Crippen LogP contribution is -2.36. The lowest BCUT2D eigenvalue weighted by atomic mass is 10.0. The van der Waals surface area contributed by atoms with Crippen LogP contribution in [0.4, 0.5) is 5.69 Å². The van der Waals surface area contributed by atoms with E-state index in [-0.39, 0.29) is 11.9 Å². The Kier molecular flexibility index (Phi) is 5.16. The van der Waals surface area contributed by atoms with Gasteiger partial charge in [-0.3, -0.25) is 9.52 Å². The minimum absolute atomic E-state index is 0.0495. The van der Waals surface area contributed by atoms with Gasteiger partial charge < -0.3 is 5.32 Å². The third kappa shape index (κ3) is 4.52. The van der Waals surface area contributed by atoms with E-state index in [1.807, 2.05) is 20.8 Å². The van der Waals surface area contributed by atoms with Crippen LogP contribution in [0.25, 0.3) is 0 Å². The average molecular weight is 298 g/mol. The fourth-order valence-electron chi connectivity index (χ4n) is 1.64. The van der Waals surface area contributed by atoms with Crippen molar-refractivity contribution in [2.24, 2.45) is 5.92 Å². The van der Waals surface area contributed by atoms with Gasteiger partial charge in [-0.25, -0.2) is 8.42 Å².